The van der Waals surface area contributed by atoms with E-state index in [1.54, 1.807) is 4.90 Å². The molecule has 1 saturated heterocycles. The van der Waals surface area contributed by atoms with Gasteiger partial charge in [0, 0.05) is 25.5 Å². The van der Waals surface area contributed by atoms with Crippen LogP contribution in [0.15, 0.2) is 18.6 Å². The Hall–Kier alpha value is -4.43. The van der Waals surface area contributed by atoms with Crippen LogP contribution in [0, 0.1) is 5.41 Å². The molecule has 50 heavy (non-hydrogen) atoms. The lowest BCUT2D eigenvalue weighted by molar-refractivity contribution is -0.149. The number of hydrogen-bond acceptors (Lipinski definition) is 9. The van der Waals surface area contributed by atoms with Crippen LogP contribution in [0.25, 0.3) is 0 Å². The first kappa shape index (κ1) is 43.6. The predicted octanol–water partition coefficient (Wildman–Crippen LogP) is 2.49. The van der Waals surface area contributed by atoms with E-state index in [1.165, 1.54) is 68.9 Å². The summed E-state index contributed by atoms with van der Waals surface area (Å²) in [6.07, 6.45) is 15.9. The molecule has 3 unspecified atom stereocenters. The normalized spacial score (nSPS) is 16.5. The number of likely N-dealkylation sites (N-methyl/N-ethyl adjacent to an activating group) is 1. The molecule has 0 spiro atoms. The number of nitrogens with zero attached hydrogens (tertiary/aromatic N) is 4. The lowest BCUT2D eigenvalue weighted by atomic mass is 9.85. The number of rotatable bonds is 14. The molecule has 15 nitrogen and oxygen atoms in total. The van der Waals surface area contributed by atoms with E-state index in [1.807, 2.05) is 39.9 Å². The van der Waals surface area contributed by atoms with Crippen molar-refractivity contribution in [1.29, 1.82) is 0 Å². The van der Waals surface area contributed by atoms with Gasteiger partial charge in [-0.05, 0) is 38.5 Å². The third kappa shape index (κ3) is 15.4. The summed E-state index contributed by atoms with van der Waals surface area (Å²) in [7, 11) is 0. The second-order valence-electron chi connectivity index (χ2n) is 13.4. The van der Waals surface area contributed by atoms with E-state index >= 15 is 0 Å². The van der Waals surface area contributed by atoms with Gasteiger partial charge in [-0.25, -0.2) is 4.98 Å². The molecule has 3 atom stereocenters. The average molecular weight is 704 g/mol. The number of carboxylic acid groups (broad SMARTS) is 1. The van der Waals surface area contributed by atoms with Gasteiger partial charge in [0.2, 0.25) is 24.1 Å². The van der Waals surface area contributed by atoms with Gasteiger partial charge in [-0.1, -0.05) is 72.6 Å². The molecule has 0 aromatic carbocycles. The second-order valence-corrected chi connectivity index (χ2v) is 13.4. The van der Waals surface area contributed by atoms with E-state index in [-0.39, 0.29) is 36.4 Å². The Kier molecular flexibility index (Phi) is 20.1. The Morgan fingerprint density at radius 3 is 2.06 bits per heavy atom. The van der Waals surface area contributed by atoms with Gasteiger partial charge in [0.15, 0.2) is 5.78 Å². The number of likely N-dealkylation sites (tertiary alicyclic amines) is 1. The van der Waals surface area contributed by atoms with Gasteiger partial charge in [-0.15, -0.1) is 0 Å². The van der Waals surface area contributed by atoms with Crippen LogP contribution in [0.5, 0.6) is 0 Å². The van der Waals surface area contributed by atoms with Crippen molar-refractivity contribution in [1.82, 2.24) is 35.7 Å². The van der Waals surface area contributed by atoms with E-state index in [0.29, 0.717) is 38.8 Å². The molecule has 15 heteroatoms. The van der Waals surface area contributed by atoms with Gasteiger partial charge >= 0.3 is 5.97 Å². The molecule has 2 aliphatic rings. The number of carboxylic acids is 1. The molecular weight excluding hydrogens is 646 g/mol. The third-order valence-electron chi connectivity index (χ3n) is 8.31. The van der Waals surface area contributed by atoms with E-state index in [0.717, 1.165) is 6.42 Å². The van der Waals surface area contributed by atoms with Crippen LogP contribution < -0.4 is 16.0 Å². The SMILES string of the molecule is C1CCCCC1.CCCC(C(C)=O)N(CC)C(=O)C1CCCN1C(=O)C(NC(=O)CNC(=O)c1cnccn1)C(C)(C)C.O=CNCC(=O)O. The maximum absolute atomic E-state index is 13.7. The first-order valence-corrected chi connectivity index (χ1v) is 17.5. The fourth-order valence-electron chi connectivity index (χ4n) is 5.74. The summed E-state index contributed by atoms with van der Waals surface area (Å²) in [5.74, 6) is -2.80. The van der Waals surface area contributed by atoms with Crippen LogP contribution in [0.1, 0.15) is 116 Å². The lowest BCUT2D eigenvalue weighted by Gasteiger charge is -2.38. The van der Waals surface area contributed by atoms with E-state index in [2.05, 4.69) is 20.6 Å². The topological polar surface area (TPSA) is 208 Å². The summed E-state index contributed by atoms with van der Waals surface area (Å²) in [6.45, 7) is 10.9. The molecule has 3 rings (SSSR count). The molecule has 280 valence electrons. The molecule has 0 bridgehead atoms. The minimum Gasteiger partial charge on any atom is -0.480 e. The van der Waals surface area contributed by atoms with Gasteiger partial charge in [0.05, 0.1) is 18.8 Å². The van der Waals surface area contributed by atoms with Gasteiger partial charge in [-0.2, -0.15) is 0 Å². The standard InChI is InChI=1S/C26H40N6O5.C6H12.C3H5NO3/c1-7-10-19(17(3)33)31(8-2)24(36)20-11-9-14-32(20)25(37)22(26(4,5)6)30-21(34)16-29-23(35)18-15-27-12-13-28-18;1-2-4-6-5-3-1;5-2-4-1-3(6)7/h12-13,15,19-20,22H,7-11,14,16H2,1-6H3,(H,29,35)(H,30,34);1-6H2;2H,1H2,(H,4,5)(H,6,7). The third-order valence-corrected chi connectivity index (χ3v) is 8.31. The summed E-state index contributed by atoms with van der Waals surface area (Å²) in [6, 6.07) is -2.13. The molecule has 1 saturated carbocycles. The zero-order valence-electron chi connectivity index (χ0n) is 30.5. The Morgan fingerprint density at radius 2 is 1.62 bits per heavy atom. The van der Waals surface area contributed by atoms with Crippen molar-refractivity contribution >= 4 is 41.8 Å². The van der Waals surface area contributed by atoms with Crippen molar-refractivity contribution in [2.45, 2.75) is 124 Å². The van der Waals surface area contributed by atoms with Gasteiger partial charge < -0.3 is 30.9 Å². The first-order chi connectivity index (χ1) is 23.7. The molecule has 1 aliphatic carbocycles. The Morgan fingerprint density at radius 1 is 1.00 bits per heavy atom. The minimum atomic E-state index is -1.04. The largest absolute Gasteiger partial charge is 0.480 e. The highest BCUT2D eigenvalue weighted by atomic mass is 16.4. The highest BCUT2D eigenvalue weighted by molar-refractivity contribution is 5.97. The molecule has 2 fully saturated rings. The van der Waals surface area contributed by atoms with Gasteiger partial charge in [-0.3, -0.25) is 38.5 Å². The molecular formula is C35H57N7O8. The highest BCUT2D eigenvalue weighted by Crippen LogP contribution is 2.27. The molecule has 1 aromatic rings. The van der Waals surface area contributed by atoms with Crippen molar-refractivity contribution in [3.63, 3.8) is 0 Å². The molecule has 2 heterocycles. The van der Waals surface area contributed by atoms with Crippen molar-refractivity contribution in [2.24, 2.45) is 5.41 Å². The zero-order chi connectivity index (χ0) is 37.7. The van der Waals surface area contributed by atoms with Crippen LogP contribution in [0.3, 0.4) is 0 Å². The molecule has 0 radical (unpaired) electrons. The molecule has 4 N–H and O–H groups in total. The monoisotopic (exact) mass is 703 g/mol. The van der Waals surface area contributed by atoms with Gasteiger partial charge in [0.25, 0.3) is 5.91 Å². The smallest absolute Gasteiger partial charge is 0.322 e. The van der Waals surface area contributed by atoms with E-state index in [9.17, 15) is 33.6 Å². The quantitative estimate of drug-likeness (QED) is 0.208. The van der Waals surface area contributed by atoms with Gasteiger partial charge in [0.1, 0.15) is 24.3 Å². The first-order valence-electron chi connectivity index (χ1n) is 17.5. The fraction of sp³-hybridized carbons (Fsp3) is 0.686. The summed E-state index contributed by atoms with van der Waals surface area (Å²) < 4.78 is 0. The fourth-order valence-corrected chi connectivity index (χ4v) is 5.74. The molecule has 1 aliphatic heterocycles. The van der Waals surface area contributed by atoms with Crippen molar-refractivity contribution < 1.29 is 38.7 Å². The number of hydrogen-bond donors (Lipinski definition) is 4. The summed E-state index contributed by atoms with van der Waals surface area (Å²) in [5, 5.41) is 15.0. The number of nitrogens with one attached hydrogen (secondary N) is 3. The number of carbonyl (C=O) groups is 7. The second kappa shape index (κ2) is 23.1. The Labute approximate surface area is 295 Å². The molecule has 1 aromatic heterocycles. The number of aromatic nitrogens is 2. The number of carbonyl (C=O) groups excluding carboxylic acids is 6. The maximum Gasteiger partial charge on any atom is 0.322 e. The Bertz CT molecular complexity index is 1240. The number of amides is 5. The van der Waals surface area contributed by atoms with Crippen molar-refractivity contribution in [3.05, 3.63) is 24.3 Å². The average Bonchev–Trinajstić information content (AvgIpc) is 3.59. The highest BCUT2D eigenvalue weighted by Gasteiger charge is 2.43. The number of Topliss-reactive ketones (excluding diaryl/α,β-unsaturated/α-hetero) is 1. The molecule has 5 amide bonds. The summed E-state index contributed by atoms with van der Waals surface area (Å²) >= 11 is 0. The van der Waals surface area contributed by atoms with Crippen LogP contribution in [0.2, 0.25) is 0 Å². The number of aliphatic carboxylic acids is 1. The van der Waals surface area contributed by atoms with E-state index in [4.69, 9.17) is 5.11 Å². The maximum atomic E-state index is 13.7. The van der Waals surface area contributed by atoms with Crippen molar-refractivity contribution in [3.8, 4) is 0 Å². The van der Waals surface area contributed by atoms with Crippen LogP contribution in [-0.4, -0.2) is 111 Å². The summed E-state index contributed by atoms with van der Waals surface area (Å²) in [5.41, 5.74) is -0.587. The summed E-state index contributed by atoms with van der Waals surface area (Å²) in [4.78, 5) is 94.2. The Balaban J connectivity index is 0.000000800. The van der Waals surface area contributed by atoms with Crippen LogP contribution in [-0.2, 0) is 28.8 Å². The van der Waals surface area contributed by atoms with Crippen molar-refractivity contribution in [2.75, 3.05) is 26.2 Å². The predicted molar refractivity (Wildman–Crippen MR) is 187 cm³/mol. The lowest BCUT2D eigenvalue weighted by Crippen LogP contribution is -2.59. The van der Waals surface area contributed by atoms with E-state index < -0.39 is 41.3 Å². The number of ketones is 1. The van der Waals surface area contributed by atoms with Crippen LogP contribution >= 0.6 is 0 Å². The minimum absolute atomic E-state index is 0.0729. The van der Waals surface area contributed by atoms with Crippen LogP contribution in [0.4, 0.5) is 0 Å². The zero-order valence-corrected chi connectivity index (χ0v) is 30.5.